The van der Waals surface area contributed by atoms with Gasteiger partial charge in [0.1, 0.15) is 11.9 Å². The van der Waals surface area contributed by atoms with E-state index in [2.05, 4.69) is 39.6 Å². The Morgan fingerprint density at radius 1 is 1.04 bits per heavy atom. The van der Waals surface area contributed by atoms with E-state index in [0.29, 0.717) is 23.7 Å². The first-order chi connectivity index (χ1) is 13.1. The molecule has 3 N–H and O–H groups in total. The van der Waals surface area contributed by atoms with E-state index in [-0.39, 0.29) is 11.9 Å². The number of nitrogens with one attached hydrogen (secondary N) is 2. The predicted molar refractivity (Wildman–Crippen MR) is 102 cm³/mol. The van der Waals surface area contributed by atoms with Gasteiger partial charge in [0, 0.05) is 35.5 Å². The molecule has 1 aliphatic heterocycles. The van der Waals surface area contributed by atoms with Gasteiger partial charge >= 0.3 is 0 Å². The molecule has 0 spiro atoms. The van der Waals surface area contributed by atoms with Gasteiger partial charge in [0.25, 0.3) is 0 Å². The number of rotatable bonds is 4. The first kappa shape index (κ1) is 17.5. The van der Waals surface area contributed by atoms with Crippen LogP contribution in [0.15, 0.2) is 42.7 Å². The van der Waals surface area contributed by atoms with Crippen LogP contribution in [-0.4, -0.2) is 43.7 Å². The van der Waals surface area contributed by atoms with Crippen LogP contribution in [0.1, 0.15) is 26.7 Å². The SMILES string of the molecule is CC1CC(Oc2ccc(-c3ccc(O)cc3-c3cn[nH]c3)nn2)CC(C)N1. The summed E-state index contributed by atoms with van der Waals surface area (Å²) < 4.78 is 6.04. The fraction of sp³-hybridized carbons (Fsp3) is 0.350. The second kappa shape index (κ2) is 7.36. The van der Waals surface area contributed by atoms with Crippen LogP contribution in [0.5, 0.6) is 11.6 Å². The van der Waals surface area contributed by atoms with Gasteiger partial charge in [0.05, 0.1) is 11.9 Å². The van der Waals surface area contributed by atoms with Crippen molar-refractivity contribution in [3.05, 3.63) is 42.7 Å². The van der Waals surface area contributed by atoms with Crippen LogP contribution in [-0.2, 0) is 0 Å². The van der Waals surface area contributed by atoms with Crippen LogP contribution in [0.2, 0.25) is 0 Å². The highest BCUT2D eigenvalue weighted by atomic mass is 16.5. The summed E-state index contributed by atoms with van der Waals surface area (Å²) in [6.07, 6.45) is 5.55. The molecule has 140 valence electrons. The van der Waals surface area contributed by atoms with Crippen molar-refractivity contribution >= 4 is 0 Å². The van der Waals surface area contributed by atoms with E-state index in [9.17, 15) is 5.11 Å². The van der Waals surface area contributed by atoms with Crippen molar-refractivity contribution in [2.24, 2.45) is 0 Å². The lowest BCUT2D eigenvalue weighted by molar-refractivity contribution is 0.117. The molecule has 0 aliphatic carbocycles. The third kappa shape index (κ3) is 3.93. The van der Waals surface area contributed by atoms with E-state index in [1.807, 2.05) is 18.2 Å². The molecule has 4 rings (SSSR count). The van der Waals surface area contributed by atoms with Gasteiger partial charge < -0.3 is 15.2 Å². The smallest absolute Gasteiger partial charge is 0.233 e. The molecule has 2 atom stereocenters. The third-order valence-corrected chi connectivity index (χ3v) is 4.82. The molecule has 0 bridgehead atoms. The minimum absolute atomic E-state index is 0.145. The van der Waals surface area contributed by atoms with Crippen molar-refractivity contribution in [3.8, 4) is 34.0 Å². The second-order valence-electron chi connectivity index (χ2n) is 7.15. The number of hydrogen-bond acceptors (Lipinski definition) is 6. The molecule has 27 heavy (non-hydrogen) atoms. The van der Waals surface area contributed by atoms with Gasteiger partial charge in [0.2, 0.25) is 5.88 Å². The highest BCUT2D eigenvalue weighted by molar-refractivity contribution is 5.82. The van der Waals surface area contributed by atoms with Crippen LogP contribution in [0, 0.1) is 0 Å². The summed E-state index contributed by atoms with van der Waals surface area (Å²) in [6, 6.07) is 9.78. The van der Waals surface area contributed by atoms with Gasteiger partial charge in [-0.25, -0.2) is 0 Å². The number of H-pyrrole nitrogens is 1. The Hall–Kier alpha value is -2.93. The van der Waals surface area contributed by atoms with Gasteiger partial charge in [-0.15, -0.1) is 10.2 Å². The molecule has 2 aromatic heterocycles. The first-order valence-electron chi connectivity index (χ1n) is 9.17. The first-order valence-corrected chi connectivity index (χ1v) is 9.17. The number of aromatic nitrogens is 4. The van der Waals surface area contributed by atoms with Crippen LogP contribution in [0.3, 0.4) is 0 Å². The van der Waals surface area contributed by atoms with Crippen LogP contribution in [0.25, 0.3) is 22.4 Å². The summed E-state index contributed by atoms with van der Waals surface area (Å²) in [7, 11) is 0. The van der Waals surface area contributed by atoms with Crippen molar-refractivity contribution in [2.45, 2.75) is 44.9 Å². The summed E-state index contributed by atoms with van der Waals surface area (Å²) in [5, 5.41) is 28.8. The quantitative estimate of drug-likeness (QED) is 0.657. The summed E-state index contributed by atoms with van der Waals surface area (Å²) in [5.41, 5.74) is 3.30. The number of ether oxygens (including phenoxy) is 1. The summed E-state index contributed by atoms with van der Waals surface area (Å²) in [6.45, 7) is 4.34. The number of piperidine rings is 1. The van der Waals surface area contributed by atoms with Crippen molar-refractivity contribution in [3.63, 3.8) is 0 Å². The maximum Gasteiger partial charge on any atom is 0.233 e. The zero-order chi connectivity index (χ0) is 18.8. The normalized spacial score (nSPS) is 22.5. The number of phenolic OH excluding ortho intramolecular Hbond substituents is 1. The number of aromatic hydroxyl groups is 1. The van der Waals surface area contributed by atoms with E-state index >= 15 is 0 Å². The van der Waals surface area contributed by atoms with E-state index in [4.69, 9.17) is 4.74 Å². The molecule has 7 heteroatoms. The highest BCUT2D eigenvalue weighted by Crippen LogP contribution is 2.33. The maximum atomic E-state index is 9.86. The zero-order valence-electron chi connectivity index (χ0n) is 15.4. The van der Waals surface area contributed by atoms with E-state index in [0.717, 1.165) is 29.5 Å². The third-order valence-electron chi connectivity index (χ3n) is 4.82. The fourth-order valence-corrected chi connectivity index (χ4v) is 3.69. The molecule has 7 nitrogen and oxygen atoms in total. The predicted octanol–water partition coefficient (Wildman–Crippen LogP) is 3.15. The van der Waals surface area contributed by atoms with Gasteiger partial charge in [-0.05, 0) is 56.5 Å². The molecule has 1 aromatic carbocycles. The molecule has 0 amide bonds. The molecule has 3 aromatic rings. The van der Waals surface area contributed by atoms with E-state index in [1.165, 1.54) is 0 Å². The maximum absolute atomic E-state index is 9.86. The van der Waals surface area contributed by atoms with Gasteiger partial charge in [0.15, 0.2) is 0 Å². The van der Waals surface area contributed by atoms with Crippen LogP contribution < -0.4 is 10.1 Å². The Balaban J connectivity index is 1.56. The fourth-order valence-electron chi connectivity index (χ4n) is 3.69. The summed E-state index contributed by atoms with van der Waals surface area (Å²) in [4.78, 5) is 0. The average molecular weight is 365 g/mol. The van der Waals surface area contributed by atoms with E-state index < -0.39 is 0 Å². The second-order valence-corrected chi connectivity index (χ2v) is 7.15. The number of nitrogens with zero attached hydrogens (tertiary/aromatic N) is 3. The molecule has 1 fully saturated rings. The van der Waals surface area contributed by atoms with E-state index in [1.54, 1.807) is 24.5 Å². The van der Waals surface area contributed by atoms with Crippen molar-refractivity contribution < 1.29 is 9.84 Å². The zero-order valence-corrected chi connectivity index (χ0v) is 15.4. The van der Waals surface area contributed by atoms with Crippen LogP contribution >= 0.6 is 0 Å². The van der Waals surface area contributed by atoms with Gasteiger partial charge in [-0.1, -0.05) is 0 Å². The van der Waals surface area contributed by atoms with Crippen LogP contribution in [0.4, 0.5) is 0 Å². The lowest BCUT2D eigenvalue weighted by atomic mass is 9.98. The van der Waals surface area contributed by atoms with Crippen molar-refractivity contribution in [2.75, 3.05) is 0 Å². The minimum Gasteiger partial charge on any atom is -0.508 e. The monoisotopic (exact) mass is 365 g/mol. The molecule has 0 saturated carbocycles. The van der Waals surface area contributed by atoms with Gasteiger partial charge in [-0.3, -0.25) is 5.10 Å². The van der Waals surface area contributed by atoms with Gasteiger partial charge in [-0.2, -0.15) is 5.10 Å². The molecule has 3 heterocycles. The number of hydrogen-bond donors (Lipinski definition) is 3. The van der Waals surface area contributed by atoms with Crippen molar-refractivity contribution in [1.82, 2.24) is 25.7 Å². The standard InChI is InChI=1S/C20H23N5O2/c1-12-7-16(8-13(2)23-12)27-20-6-5-19(24-25-20)17-4-3-15(26)9-18(17)14-10-21-22-11-14/h3-6,9-13,16,23,26H,7-8H2,1-2H3,(H,21,22). The Kier molecular flexibility index (Phi) is 4.77. The molecule has 0 radical (unpaired) electrons. The molecule has 2 unspecified atom stereocenters. The lowest BCUT2D eigenvalue weighted by Crippen LogP contribution is -2.46. The van der Waals surface area contributed by atoms with Crippen molar-refractivity contribution in [1.29, 1.82) is 0 Å². The number of benzene rings is 1. The molecule has 1 aliphatic rings. The Morgan fingerprint density at radius 3 is 2.52 bits per heavy atom. The lowest BCUT2D eigenvalue weighted by Gasteiger charge is -2.32. The largest absolute Gasteiger partial charge is 0.508 e. The number of aromatic amines is 1. The molecular formula is C20H23N5O2. The topological polar surface area (TPSA) is 96.0 Å². The molecule has 1 saturated heterocycles. The number of phenols is 1. The Labute approximate surface area is 157 Å². The highest BCUT2D eigenvalue weighted by Gasteiger charge is 2.25. The Bertz CT molecular complexity index is 885. The summed E-state index contributed by atoms with van der Waals surface area (Å²) in [5.74, 6) is 0.727. The Morgan fingerprint density at radius 2 is 1.85 bits per heavy atom. The summed E-state index contributed by atoms with van der Waals surface area (Å²) >= 11 is 0. The average Bonchev–Trinajstić information content (AvgIpc) is 3.16. The minimum atomic E-state index is 0.145. The molecular weight excluding hydrogens is 342 g/mol.